The van der Waals surface area contributed by atoms with Crippen molar-refractivity contribution < 1.29 is 13.9 Å². The molecule has 128 valence electrons. The summed E-state index contributed by atoms with van der Waals surface area (Å²) in [5, 5.41) is 1.14. The van der Waals surface area contributed by atoms with Gasteiger partial charge in [0.25, 0.3) is 5.91 Å². The Labute approximate surface area is 145 Å². The molecule has 0 bridgehead atoms. The average Bonchev–Trinajstić information content (AvgIpc) is 3.35. The Morgan fingerprint density at radius 1 is 1.16 bits per heavy atom. The number of nitrogens with zero attached hydrogens (tertiary/aromatic N) is 1. The van der Waals surface area contributed by atoms with E-state index in [1.54, 1.807) is 0 Å². The van der Waals surface area contributed by atoms with Gasteiger partial charge in [-0.2, -0.15) is 0 Å². The third-order valence-corrected chi connectivity index (χ3v) is 4.51. The standard InChI is InChI=1S/C20H19FN2O2/c21-15-4-8-17(9-5-15)25-13-20(24)23(16-6-7-16)12-14-2-1-3-19-18(14)10-11-22-19/h1-5,8-11,16,22H,6-7,12-13H2. The van der Waals surface area contributed by atoms with Crippen LogP contribution >= 0.6 is 0 Å². The highest BCUT2D eigenvalue weighted by atomic mass is 19.1. The van der Waals surface area contributed by atoms with Gasteiger partial charge in [0.15, 0.2) is 6.61 Å². The molecule has 0 aliphatic heterocycles. The molecule has 1 aromatic heterocycles. The minimum absolute atomic E-state index is 0.0365. The number of carbonyl (C=O) groups excluding carboxylic acids is 1. The van der Waals surface area contributed by atoms with E-state index >= 15 is 0 Å². The van der Waals surface area contributed by atoms with E-state index in [9.17, 15) is 9.18 Å². The van der Waals surface area contributed by atoms with Gasteiger partial charge < -0.3 is 14.6 Å². The Balaban J connectivity index is 1.46. The van der Waals surface area contributed by atoms with Crippen molar-refractivity contribution in [1.29, 1.82) is 0 Å². The van der Waals surface area contributed by atoms with E-state index in [1.165, 1.54) is 24.3 Å². The van der Waals surface area contributed by atoms with Gasteiger partial charge in [0, 0.05) is 29.7 Å². The number of rotatable bonds is 6. The fourth-order valence-electron chi connectivity index (χ4n) is 3.04. The molecule has 25 heavy (non-hydrogen) atoms. The Kier molecular flexibility index (Phi) is 4.14. The van der Waals surface area contributed by atoms with E-state index in [4.69, 9.17) is 4.74 Å². The highest BCUT2D eigenvalue weighted by Gasteiger charge is 2.33. The van der Waals surface area contributed by atoms with E-state index in [0.717, 1.165) is 29.3 Å². The van der Waals surface area contributed by atoms with Crippen LogP contribution in [0.2, 0.25) is 0 Å². The van der Waals surface area contributed by atoms with Crippen LogP contribution in [0.1, 0.15) is 18.4 Å². The number of hydrogen-bond acceptors (Lipinski definition) is 2. The molecular weight excluding hydrogens is 319 g/mol. The summed E-state index contributed by atoms with van der Waals surface area (Å²) >= 11 is 0. The van der Waals surface area contributed by atoms with Crippen molar-refractivity contribution >= 4 is 16.8 Å². The van der Waals surface area contributed by atoms with Crippen LogP contribution in [-0.4, -0.2) is 28.4 Å². The SMILES string of the molecule is O=C(COc1ccc(F)cc1)N(Cc1cccc2[nH]ccc12)C1CC1. The highest BCUT2D eigenvalue weighted by Crippen LogP contribution is 2.30. The van der Waals surface area contributed by atoms with Gasteiger partial charge >= 0.3 is 0 Å². The summed E-state index contributed by atoms with van der Waals surface area (Å²) in [5.41, 5.74) is 2.20. The Morgan fingerprint density at radius 3 is 2.72 bits per heavy atom. The van der Waals surface area contributed by atoms with Crippen molar-refractivity contribution in [2.45, 2.75) is 25.4 Å². The van der Waals surface area contributed by atoms with Gasteiger partial charge in [-0.1, -0.05) is 12.1 Å². The minimum Gasteiger partial charge on any atom is -0.484 e. The normalized spacial score (nSPS) is 13.8. The second kappa shape index (κ2) is 6.59. The van der Waals surface area contributed by atoms with E-state index in [1.807, 2.05) is 29.3 Å². The quantitative estimate of drug-likeness (QED) is 0.741. The van der Waals surface area contributed by atoms with Gasteiger partial charge in [-0.15, -0.1) is 0 Å². The molecule has 4 rings (SSSR count). The number of hydrogen-bond donors (Lipinski definition) is 1. The van der Waals surface area contributed by atoms with Crippen molar-refractivity contribution in [3.63, 3.8) is 0 Å². The molecule has 1 N–H and O–H groups in total. The van der Waals surface area contributed by atoms with Crippen LogP contribution in [0, 0.1) is 5.82 Å². The number of nitrogens with one attached hydrogen (secondary N) is 1. The predicted molar refractivity (Wildman–Crippen MR) is 93.8 cm³/mol. The number of carbonyl (C=O) groups is 1. The molecule has 0 unspecified atom stereocenters. The minimum atomic E-state index is -0.321. The number of aromatic nitrogens is 1. The van der Waals surface area contributed by atoms with Gasteiger partial charge in [-0.05, 0) is 54.8 Å². The van der Waals surface area contributed by atoms with E-state index < -0.39 is 0 Å². The second-order valence-corrected chi connectivity index (χ2v) is 6.35. The number of H-pyrrole nitrogens is 1. The van der Waals surface area contributed by atoms with Gasteiger partial charge in [-0.25, -0.2) is 4.39 Å². The molecule has 4 nitrogen and oxygen atoms in total. The Bertz CT molecular complexity index is 884. The number of ether oxygens (including phenoxy) is 1. The Morgan fingerprint density at radius 2 is 1.96 bits per heavy atom. The van der Waals surface area contributed by atoms with Crippen molar-refractivity contribution in [3.05, 3.63) is 66.1 Å². The van der Waals surface area contributed by atoms with Crippen LogP contribution in [0.5, 0.6) is 5.75 Å². The van der Waals surface area contributed by atoms with Gasteiger partial charge in [0.2, 0.25) is 0 Å². The van der Waals surface area contributed by atoms with Crippen molar-refractivity contribution in [3.8, 4) is 5.75 Å². The first-order chi connectivity index (χ1) is 12.2. The summed E-state index contributed by atoms with van der Waals surface area (Å²) in [6, 6.07) is 14.1. The molecule has 1 heterocycles. The number of aromatic amines is 1. The maximum atomic E-state index is 12.9. The summed E-state index contributed by atoms with van der Waals surface area (Å²) < 4.78 is 18.5. The summed E-state index contributed by atoms with van der Waals surface area (Å²) in [6.07, 6.45) is 3.98. The van der Waals surface area contributed by atoms with E-state index in [2.05, 4.69) is 11.1 Å². The van der Waals surface area contributed by atoms with Crippen LogP contribution in [0.25, 0.3) is 10.9 Å². The second-order valence-electron chi connectivity index (χ2n) is 6.35. The molecule has 0 saturated heterocycles. The fraction of sp³-hybridized carbons (Fsp3) is 0.250. The van der Waals surface area contributed by atoms with Crippen molar-refractivity contribution in [2.24, 2.45) is 0 Å². The predicted octanol–water partition coefficient (Wildman–Crippen LogP) is 3.88. The molecule has 1 aliphatic carbocycles. The van der Waals surface area contributed by atoms with Crippen molar-refractivity contribution in [2.75, 3.05) is 6.61 Å². The summed E-state index contributed by atoms with van der Waals surface area (Å²) in [4.78, 5) is 17.8. The van der Waals surface area contributed by atoms with E-state index in [-0.39, 0.29) is 18.3 Å². The number of fused-ring (bicyclic) bond motifs is 1. The summed E-state index contributed by atoms with van der Waals surface area (Å²) in [6.45, 7) is 0.538. The molecule has 0 atom stereocenters. The zero-order valence-electron chi connectivity index (χ0n) is 13.7. The average molecular weight is 338 g/mol. The number of amides is 1. The van der Waals surface area contributed by atoms with Crippen LogP contribution < -0.4 is 4.74 Å². The lowest BCUT2D eigenvalue weighted by molar-refractivity contribution is -0.134. The third-order valence-electron chi connectivity index (χ3n) is 4.51. The first kappa shape index (κ1) is 15.7. The number of benzene rings is 2. The van der Waals surface area contributed by atoms with Crippen LogP contribution in [0.4, 0.5) is 4.39 Å². The van der Waals surface area contributed by atoms with Gasteiger partial charge in [-0.3, -0.25) is 4.79 Å². The van der Waals surface area contributed by atoms with Crippen LogP contribution in [-0.2, 0) is 11.3 Å². The molecule has 2 aromatic carbocycles. The molecule has 1 aliphatic rings. The third kappa shape index (κ3) is 3.50. The van der Waals surface area contributed by atoms with Crippen LogP contribution in [0.3, 0.4) is 0 Å². The molecule has 0 radical (unpaired) electrons. The molecule has 1 amide bonds. The molecule has 1 saturated carbocycles. The van der Waals surface area contributed by atoms with E-state index in [0.29, 0.717) is 18.3 Å². The lowest BCUT2D eigenvalue weighted by atomic mass is 10.1. The molecule has 1 fully saturated rings. The van der Waals surface area contributed by atoms with Crippen LogP contribution in [0.15, 0.2) is 54.7 Å². The maximum Gasteiger partial charge on any atom is 0.261 e. The summed E-state index contributed by atoms with van der Waals surface area (Å²) in [7, 11) is 0. The smallest absolute Gasteiger partial charge is 0.261 e. The zero-order valence-corrected chi connectivity index (χ0v) is 13.7. The summed E-state index contributed by atoms with van der Waals surface area (Å²) in [5.74, 6) is 0.135. The van der Waals surface area contributed by atoms with Crippen molar-refractivity contribution in [1.82, 2.24) is 9.88 Å². The number of halogens is 1. The fourth-order valence-corrected chi connectivity index (χ4v) is 3.04. The molecular formula is C20H19FN2O2. The monoisotopic (exact) mass is 338 g/mol. The zero-order chi connectivity index (χ0) is 17.2. The highest BCUT2D eigenvalue weighted by molar-refractivity contribution is 5.84. The van der Waals surface area contributed by atoms with Gasteiger partial charge in [0.05, 0.1) is 0 Å². The molecule has 5 heteroatoms. The topological polar surface area (TPSA) is 45.3 Å². The lowest BCUT2D eigenvalue weighted by Gasteiger charge is -2.23. The Hall–Kier alpha value is -2.82. The lowest BCUT2D eigenvalue weighted by Crippen LogP contribution is -2.36. The first-order valence-corrected chi connectivity index (χ1v) is 8.43. The van der Waals surface area contributed by atoms with Gasteiger partial charge in [0.1, 0.15) is 11.6 Å². The molecule has 0 spiro atoms. The maximum absolute atomic E-state index is 12.9. The first-order valence-electron chi connectivity index (χ1n) is 8.43. The molecule has 3 aromatic rings. The largest absolute Gasteiger partial charge is 0.484 e.